The van der Waals surface area contributed by atoms with Gasteiger partial charge in [-0.3, -0.25) is 9.59 Å². The number of ether oxygens (including phenoxy) is 2. The van der Waals surface area contributed by atoms with Crippen molar-refractivity contribution in [1.82, 2.24) is 4.98 Å². The number of carbonyl (C=O) groups excluding carboxylic acids is 3. The molecule has 8 heteroatoms. The summed E-state index contributed by atoms with van der Waals surface area (Å²) in [6, 6.07) is 4.61. The molecule has 0 radical (unpaired) electrons. The molecule has 0 spiro atoms. The van der Waals surface area contributed by atoms with E-state index in [-0.39, 0.29) is 22.2 Å². The molecule has 0 aliphatic heterocycles. The Kier molecular flexibility index (Phi) is 6.91. The van der Waals surface area contributed by atoms with Crippen molar-refractivity contribution in [1.29, 1.82) is 0 Å². The van der Waals surface area contributed by atoms with Crippen molar-refractivity contribution < 1.29 is 23.9 Å². The molecule has 0 aliphatic rings. The summed E-state index contributed by atoms with van der Waals surface area (Å²) < 4.78 is 10.7. The van der Waals surface area contributed by atoms with Crippen molar-refractivity contribution in [2.24, 2.45) is 0 Å². The van der Waals surface area contributed by atoms with Gasteiger partial charge in [-0.25, -0.2) is 4.79 Å². The fraction of sp³-hybridized carbons (Fsp3) is 0.350. The molecule has 1 aromatic carbocycles. The molecule has 6 nitrogen and oxygen atoms in total. The normalized spacial score (nSPS) is 13.0. The summed E-state index contributed by atoms with van der Waals surface area (Å²) in [6.45, 7) is 7.77. The average molecular weight is 426 g/mol. The van der Waals surface area contributed by atoms with Crippen LogP contribution in [-0.4, -0.2) is 34.7 Å². The molecule has 2 unspecified atom stereocenters. The first-order valence-electron chi connectivity index (χ1n) is 8.59. The van der Waals surface area contributed by atoms with Crippen LogP contribution in [0.3, 0.4) is 0 Å². The van der Waals surface area contributed by atoms with E-state index in [2.05, 4.69) is 4.98 Å². The fourth-order valence-electron chi connectivity index (χ4n) is 2.86. The third-order valence-corrected chi connectivity index (χ3v) is 4.76. The van der Waals surface area contributed by atoms with Crippen LogP contribution in [0.25, 0.3) is 0 Å². The summed E-state index contributed by atoms with van der Waals surface area (Å²) in [6.07, 6.45) is -2.05. The highest BCUT2D eigenvalue weighted by atomic mass is 35.5. The van der Waals surface area contributed by atoms with Gasteiger partial charge in [0.05, 0.1) is 10.7 Å². The van der Waals surface area contributed by atoms with Gasteiger partial charge in [0.2, 0.25) is 5.78 Å². The maximum Gasteiger partial charge on any atom is 0.347 e. The maximum absolute atomic E-state index is 12.7. The van der Waals surface area contributed by atoms with Crippen molar-refractivity contribution >= 4 is 40.7 Å². The first-order chi connectivity index (χ1) is 13.0. The molecule has 0 saturated heterocycles. The Bertz CT molecular complexity index is 935. The molecule has 1 heterocycles. The second kappa shape index (κ2) is 8.80. The van der Waals surface area contributed by atoms with E-state index in [1.807, 2.05) is 0 Å². The monoisotopic (exact) mass is 425 g/mol. The summed E-state index contributed by atoms with van der Waals surface area (Å²) in [5.74, 6) is -1.02. The van der Waals surface area contributed by atoms with Gasteiger partial charge in [-0.05, 0) is 58.4 Å². The molecular weight excluding hydrogens is 405 g/mol. The summed E-state index contributed by atoms with van der Waals surface area (Å²) in [4.78, 5) is 39.6. The van der Waals surface area contributed by atoms with Crippen molar-refractivity contribution in [3.8, 4) is 5.75 Å². The van der Waals surface area contributed by atoms with Gasteiger partial charge in [0, 0.05) is 16.3 Å². The molecule has 1 N–H and O–H groups in total. The fourth-order valence-corrected chi connectivity index (χ4v) is 3.31. The van der Waals surface area contributed by atoms with Gasteiger partial charge in [-0.2, -0.15) is 0 Å². The molecule has 0 aliphatic carbocycles. The molecule has 2 rings (SSSR count). The number of rotatable bonds is 7. The molecule has 0 fully saturated rings. The van der Waals surface area contributed by atoms with Crippen LogP contribution in [0.15, 0.2) is 18.2 Å². The van der Waals surface area contributed by atoms with Gasteiger partial charge in [-0.1, -0.05) is 23.2 Å². The van der Waals surface area contributed by atoms with Crippen molar-refractivity contribution in [2.75, 3.05) is 0 Å². The van der Waals surface area contributed by atoms with Gasteiger partial charge in [0.15, 0.2) is 18.0 Å². The zero-order valence-electron chi connectivity index (χ0n) is 16.2. The van der Waals surface area contributed by atoms with E-state index >= 15 is 0 Å². The Labute approximate surface area is 173 Å². The number of aromatic amines is 1. The van der Waals surface area contributed by atoms with Crippen molar-refractivity contribution in [2.45, 2.75) is 46.8 Å². The van der Waals surface area contributed by atoms with E-state index in [1.165, 1.54) is 32.9 Å². The van der Waals surface area contributed by atoms with Crippen LogP contribution in [-0.2, 0) is 9.53 Å². The van der Waals surface area contributed by atoms with Crippen LogP contribution < -0.4 is 4.74 Å². The number of benzene rings is 1. The third-order valence-electron chi connectivity index (χ3n) is 4.23. The van der Waals surface area contributed by atoms with Crippen LogP contribution in [0.4, 0.5) is 0 Å². The van der Waals surface area contributed by atoms with E-state index in [4.69, 9.17) is 32.7 Å². The van der Waals surface area contributed by atoms with Crippen LogP contribution in [0, 0.1) is 13.8 Å². The molecule has 0 bridgehead atoms. The lowest BCUT2D eigenvalue weighted by Crippen LogP contribution is -2.33. The first kappa shape index (κ1) is 22.0. The lowest BCUT2D eigenvalue weighted by atomic mass is 10.0. The highest BCUT2D eigenvalue weighted by Crippen LogP contribution is 2.28. The molecule has 28 heavy (non-hydrogen) atoms. The largest absolute Gasteiger partial charge is 0.477 e. The van der Waals surface area contributed by atoms with E-state index in [9.17, 15) is 14.4 Å². The molecular formula is C20H21Cl2NO5. The van der Waals surface area contributed by atoms with E-state index in [1.54, 1.807) is 19.9 Å². The minimum Gasteiger partial charge on any atom is -0.477 e. The molecule has 0 amide bonds. The zero-order valence-corrected chi connectivity index (χ0v) is 17.7. The molecule has 2 atom stereocenters. The number of nitrogens with one attached hydrogen (secondary N) is 1. The Morgan fingerprint density at radius 3 is 2.25 bits per heavy atom. The minimum atomic E-state index is -1.06. The summed E-state index contributed by atoms with van der Waals surface area (Å²) in [5.41, 5.74) is 1.85. The van der Waals surface area contributed by atoms with Gasteiger partial charge < -0.3 is 14.5 Å². The predicted octanol–water partition coefficient (Wildman–Crippen LogP) is 4.72. The number of Topliss-reactive ketones (excluding diaryl/α,β-unsaturated/α-hetero) is 2. The van der Waals surface area contributed by atoms with Gasteiger partial charge in [-0.15, -0.1) is 0 Å². The Balaban J connectivity index is 2.08. The molecule has 2 aromatic rings. The van der Waals surface area contributed by atoms with Crippen LogP contribution in [0.2, 0.25) is 10.0 Å². The predicted molar refractivity (Wildman–Crippen MR) is 107 cm³/mol. The first-order valence-corrected chi connectivity index (χ1v) is 9.35. The third kappa shape index (κ3) is 4.75. The summed E-state index contributed by atoms with van der Waals surface area (Å²) in [5, 5.41) is 0.693. The lowest BCUT2D eigenvalue weighted by molar-refractivity contribution is -0.153. The number of H-pyrrole nitrogens is 1. The Morgan fingerprint density at radius 2 is 1.71 bits per heavy atom. The van der Waals surface area contributed by atoms with Crippen LogP contribution >= 0.6 is 23.2 Å². The highest BCUT2D eigenvalue weighted by molar-refractivity contribution is 6.35. The quantitative estimate of drug-likeness (QED) is 0.512. The number of esters is 1. The van der Waals surface area contributed by atoms with Crippen molar-refractivity contribution in [3.63, 3.8) is 0 Å². The van der Waals surface area contributed by atoms with Gasteiger partial charge in [0.25, 0.3) is 0 Å². The Morgan fingerprint density at radius 1 is 1.07 bits per heavy atom. The summed E-state index contributed by atoms with van der Waals surface area (Å²) >= 11 is 11.9. The topological polar surface area (TPSA) is 85.5 Å². The number of ketones is 2. The van der Waals surface area contributed by atoms with E-state index < -0.39 is 24.0 Å². The smallest absolute Gasteiger partial charge is 0.347 e. The van der Waals surface area contributed by atoms with E-state index in [0.29, 0.717) is 21.8 Å². The number of aromatic nitrogens is 1. The number of halogens is 2. The lowest BCUT2D eigenvalue weighted by Gasteiger charge is -2.18. The SMILES string of the molecule is CC(=O)c1c(C)[nH]c(C(=O)C(C)OC(=O)C(C)Oc2ccc(Cl)cc2Cl)c1C. The van der Waals surface area contributed by atoms with Gasteiger partial charge >= 0.3 is 5.97 Å². The molecule has 150 valence electrons. The van der Waals surface area contributed by atoms with Crippen LogP contribution in [0.5, 0.6) is 5.75 Å². The second-order valence-corrected chi connectivity index (χ2v) is 7.30. The van der Waals surface area contributed by atoms with Crippen molar-refractivity contribution in [3.05, 3.63) is 50.8 Å². The number of hydrogen-bond acceptors (Lipinski definition) is 5. The van der Waals surface area contributed by atoms with E-state index in [0.717, 1.165) is 0 Å². The zero-order chi connectivity index (χ0) is 21.2. The van der Waals surface area contributed by atoms with Gasteiger partial charge in [0.1, 0.15) is 5.75 Å². The Hall–Kier alpha value is -2.31. The summed E-state index contributed by atoms with van der Waals surface area (Å²) in [7, 11) is 0. The number of hydrogen-bond donors (Lipinski definition) is 1. The highest BCUT2D eigenvalue weighted by Gasteiger charge is 2.28. The van der Waals surface area contributed by atoms with Crippen LogP contribution in [0.1, 0.15) is 52.9 Å². The second-order valence-electron chi connectivity index (χ2n) is 6.46. The average Bonchev–Trinajstić information content (AvgIpc) is 2.90. The minimum absolute atomic E-state index is 0.142. The number of carbonyl (C=O) groups is 3. The standard InChI is InChI=1S/C20H21Cl2NO5/c1-9-17(11(3)24)10(2)23-18(9)19(25)12(4)28-20(26)13(5)27-16-7-6-14(21)8-15(16)22/h6-8,12-13,23H,1-5H3. The maximum atomic E-state index is 12.7. The number of aryl methyl sites for hydroxylation is 1. The molecule has 1 aromatic heterocycles. The molecule has 0 saturated carbocycles.